The summed E-state index contributed by atoms with van der Waals surface area (Å²) in [6.45, 7) is 4.07. The lowest BCUT2D eigenvalue weighted by Gasteiger charge is -2.15. The van der Waals surface area contributed by atoms with Crippen LogP contribution in [0.15, 0.2) is 12.1 Å². The summed E-state index contributed by atoms with van der Waals surface area (Å²) >= 11 is 6.23. The second-order valence-electron chi connectivity index (χ2n) is 7.26. The molecule has 162 valence electrons. The molecule has 1 saturated heterocycles. The summed E-state index contributed by atoms with van der Waals surface area (Å²) < 4.78 is 38.8. The van der Waals surface area contributed by atoms with Crippen LogP contribution in [0.25, 0.3) is 0 Å². The fraction of sp³-hybridized carbons (Fsp3) is 0.579. The third-order valence-electron chi connectivity index (χ3n) is 4.34. The number of ether oxygens (including phenoxy) is 3. The van der Waals surface area contributed by atoms with Crippen molar-refractivity contribution in [1.29, 1.82) is 0 Å². The fourth-order valence-corrected chi connectivity index (χ4v) is 4.71. The van der Waals surface area contributed by atoms with E-state index in [4.69, 9.17) is 25.8 Å². The van der Waals surface area contributed by atoms with Crippen molar-refractivity contribution in [3.63, 3.8) is 0 Å². The molecular weight excluding hydrogens is 422 g/mol. The number of rotatable bonds is 9. The van der Waals surface area contributed by atoms with Gasteiger partial charge >= 0.3 is 5.97 Å². The molecule has 1 aromatic rings. The molecule has 1 amide bonds. The minimum Gasteiger partial charge on any atom is -0.493 e. The van der Waals surface area contributed by atoms with Gasteiger partial charge < -0.3 is 19.5 Å². The number of halogens is 1. The molecule has 2 rings (SSSR count). The van der Waals surface area contributed by atoms with E-state index >= 15 is 0 Å². The summed E-state index contributed by atoms with van der Waals surface area (Å²) in [4.78, 5) is 24.2. The van der Waals surface area contributed by atoms with Crippen LogP contribution in [0, 0.1) is 5.92 Å². The molecule has 0 aromatic heterocycles. The van der Waals surface area contributed by atoms with Crippen molar-refractivity contribution >= 4 is 33.3 Å². The molecule has 1 fully saturated rings. The minimum absolute atomic E-state index is 0.0433. The van der Waals surface area contributed by atoms with E-state index in [-0.39, 0.29) is 27.8 Å². The SMILES string of the molecule is COc1cc(C(=O)OCC(=O)NC2CCS(=O)(=O)C2)cc(Cl)c1OCCC(C)C. The maximum absolute atomic E-state index is 12.3. The zero-order valence-corrected chi connectivity index (χ0v) is 18.3. The molecule has 0 spiro atoms. The first kappa shape index (κ1) is 23.3. The Morgan fingerprint density at radius 1 is 1.31 bits per heavy atom. The van der Waals surface area contributed by atoms with Crippen molar-refractivity contribution in [1.82, 2.24) is 5.32 Å². The molecule has 8 nitrogen and oxygen atoms in total. The van der Waals surface area contributed by atoms with Crippen LogP contribution in [0.5, 0.6) is 11.5 Å². The van der Waals surface area contributed by atoms with E-state index in [0.717, 1.165) is 6.42 Å². The normalized spacial score (nSPS) is 17.8. The van der Waals surface area contributed by atoms with Gasteiger partial charge in [0.2, 0.25) is 0 Å². The molecule has 29 heavy (non-hydrogen) atoms. The summed E-state index contributed by atoms with van der Waals surface area (Å²) in [5, 5.41) is 2.75. The molecule has 0 saturated carbocycles. The van der Waals surface area contributed by atoms with Crippen molar-refractivity contribution in [2.45, 2.75) is 32.7 Å². The lowest BCUT2D eigenvalue weighted by atomic mass is 10.1. The molecule has 1 aromatic carbocycles. The van der Waals surface area contributed by atoms with Crippen LogP contribution in [0.4, 0.5) is 0 Å². The van der Waals surface area contributed by atoms with Crippen molar-refractivity contribution in [2.24, 2.45) is 5.92 Å². The van der Waals surface area contributed by atoms with E-state index < -0.39 is 34.4 Å². The molecule has 1 N–H and O–H groups in total. The monoisotopic (exact) mass is 447 g/mol. The zero-order chi connectivity index (χ0) is 21.6. The van der Waals surface area contributed by atoms with Gasteiger partial charge in [-0.3, -0.25) is 4.79 Å². The van der Waals surface area contributed by atoms with Crippen molar-refractivity contribution in [3.8, 4) is 11.5 Å². The van der Waals surface area contributed by atoms with Crippen LogP contribution in [0.3, 0.4) is 0 Å². The molecule has 0 radical (unpaired) electrons. The molecule has 1 heterocycles. The summed E-state index contributed by atoms with van der Waals surface area (Å²) in [7, 11) is -1.68. The van der Waals surface area contributed by atoms with E-state index in [2.05, 4.69) is 19.2 Å². The zero-order valence-electron chi connectivity index (χ0n) is 16.7. The fourth-order valence-electron chi connectivity index (χ4n) is 2.77. The first-order chi connectivity index (χ1) is 13.6. The van der Waals surface area contributed by atoms with Gasteiger partial charge in [0.25, 0.3) is 5.91 Å². The highest BCUT2D eigenvalue weighted by molar-refractivity contribution is 7.91. The summed E-state index contributed by atoms with van der Waals surface area (Å²) in [6.07, 6.45) is 1.19. The maximum atomic E-state index is 12.3. The Kier molecular flexibility index (Phi) is 8.15. The van der Waals surface area contributed by atoms with Crippen LogP contribution in [0.1, 0.15) is 37.0 Å². The second-order valence-corrected chi connectivity index (χ2v) is 9.90. The third-order valence-corrected chi connectivity index (χ3v) is 6.39. The number of esters is 1. The number of methoxy groups -OCH3 is 1. The van der Waals surface area contributed by atoms with E-state index in [9.17, 15) is 18.0 Å². The second kappa shape index (κ2) is 10.2. The lowest BCUT2D eigenvalue weighted by molar-refractivity contribution is -0.124. The third kappa shape index (κ3) is 7.08. The topological polar surface area (TPSA) is 108 Å². The number of hydrogen-bond donors (Lipinski definition) is 1. The van der Waals surface area contributed by atoms with E-state index in [1.165, 1.54) is 19.2 Å². The maximum Gasteiger partial charge on any atom is 0.338 e. The largest absolute Gasteiger partial charge is 0.493 e. The van der Waals surface area contributed by atoms with Gasteiger partial charge in [-0.25, -0.2) is 13.2 Å². The first-order valence-electron chi connectivity index (χ1n) is 9.28. The average Bonchev–Trinajstić information content (AvgIpc) is 2.98. The Morgan fingerprint density at radius 2 is 2.03 bits per heavy atom. The average molecular weight is 448 g/mol. The van der Waals surface area contributed by atoms with Gasteiger partial charge in [-0.15, -0.1) is 0 Å². The van der Waals surface area contributed by atoms with E-state index in [1.807, 2.05) is 0 Å². The van der Waals surface area contributed by atoms with Crippen LogP contribution < -0.4 is 14.8 Å². The van der Waals surface area contributed by atoms with Gasteiger partial charge in [0.15, 0.2) is 27.9 Å². The number of hydrogen-bond acceptors (Lipinski definition) is 7. The predicted octanol–water partition coefficient (Wildman–Crippen LogP) is 2.23. The number of sulfone groups is 1. The highest BCUT2D eigenvalue weighted by Crippen LogP contribution is 2.36. The summed E-state index contributed by atoms with van der Waals surface area (Å²) in [5.74, 6) is -0.288. The number of nitrogens with one attached hydrogen (secondary N) is 1. The number of amides is 1. The smallest absolute Gasteiger partial charge is 0.338 e. The van der Waals surface area contributed by atoms with Gasteiger partial charge in [0.05, 0.1) is 35.8 Å². The predicted molar refractivity (Wildman–Crippen MR) is 108 cm³/mol. The minimum atomic E-state index is -3.11. The number of carbonyl (C=O) groups is 2. The Bertz CT molecular complexity index is 854. The summed E-state index contributed by atoms with van der Waals surface area (Å²) in [5.41, 5.74) is 0.110. The molecular formula is C19H26ClNO7S. The summed E-state index contributed by atoms with van der Waals surface area (Å²) in [6, 6.07) is 2.36. The Morgan fingerprint density at radius 3 is 2.62 bits per heavy atom. The molecule has 0 bridgehead atoms. The van der Waals surface area contributed by atoms with Gasteiger partial charge in [0, 0.05) is 6.04 Å². The van der Waals surface area contributed by atoms with Crippen molar-refractivity contribution in [2.75, 3.05) is 31.8 Å². The number of carbonyl (C=O) groups excluding carboxylic acids is 2. The number of benzene rings is 1. The van der Waals surface area contributed by atoms with Gasteiger partial charge in [-0.1, -0.05) is 25.4 Å². The Balaban J connectivity index is 1.94. The van der Waals surface area contributed by atoms with Crippen molar-refractivity contribution < 1.29 is 32.2 Å². The Hall–Kier alpha value is -2.00. The first-order valence-corrected chi connectivity index (χ1v) is 11.5. The highest BCUT2D eigenvalue weighted by Gasteiger charge is 2.29. The van der Waals surface area contributed by atoms with Gasteiger partial charge in [-0.2, -0.15) is 0 Å². The van der Waals surface area contributed by atoms with Crippen LogP contribution in [-0.4, -0.2) is 58.2 Å². The van der Waals surface area contributed by atoms with Crippen LogP contribution >= 0.6 is 11.6 Å². The van der Waals surface area contributed by atoms with Gasteiger partial charge in [-0.05, 0) is 30.9 Å². The molecule has 1 atom stereocenters. The molecule has 1 unspecified atom stereocenters. The van der Waals surface area contributed by atoms with Crippen LogP contribution in [0.2, 0.25) is 5.02 Å². The molecule has 10 heteroatoms. The molecule has 1 aliphatic heterocycles. The standard InChI is InChI=1S/C19H26ClNO7S/c1-12(2)4-6-27-18-15(20)8-13(9-16(18)26-3)19(23)28-10-17(22)21-14-5-7-29(24,25)11-14/h8-9,12,14H,4-7,10-11H2,1-3H3,(H,21,22). The van der Waals surface area contributed by atoms with E-state index in [0.29, 0.717) is 24.7 Å². The molecule has 0 aliphatic carbocycles. The molecule has 1 aliphatic rings. The highest BCUT2D eigenvalue weighted by atomic mass is 35.5. The lowest BCUT2D eigenvalue weighted by Crippen LogP contribution is -2.38. The van der Waals surface area contributed by atoms with E-state index in [1.54, 1.807) is 0 Å². The van der Waals surface area contributed by atoms with Gasteiger partial charge in [0.1, 0.15) is 0 Å². The quantitative estimate of drug-likeness (QED) is 0.578. The van der Waals surface area contributed by atoms with Crippen LogP contribution in [-0.2, 0) is 19.4 Å². The van der Waals surface area contributed by atoms with Crippen molar-refractivity contribution in [3.05, 3.63) is 22.7 Å². The Labute approximate surface area is 175 Å².